The summed E-state index contributed by atoms with van der Waals surface area (Å²) in [7, 11) is 0. The van der Waals surface area contributed by atoms with Crippen molar-refractivity contribution < 1.29 is 9.90 Å². The average molecular weight is 291 g/mol. The van der Waals surface area contributed by atoms with Gasteiger partial charge in [-0.1, -0.05) is 24.8 Å². The lowest BCUT2D eigenvalue weighted by Gasteiger charge is -2.12. The Morgan fingerprint density at radius 1 is 1.50 bits per heavy atom. The Labute approximate surface area is 125 Å². The van der Waals surface area contributed by atoms with Gasteiger partial charge in [0.15, 0.2) is 0 Å². The highest BCUT2D eigenvalue weighted by Crippen LogP contribution is 2.11. The molecule has 0 saturated carbocycles. The van der Waals surface area contributed by atoms with Crippen LogP contribution in [-0.4, -0.2) is 36.2 Å². The minimum absolute atomic E-state index is 0.111. The van der Waals surface area contributed by atoms with Gasteiger partial charge in [0.25, 0.3) is 5.91 Å². The monoisotopic (exact) mass is 291 g/mol. The summed E-state index contributed by atoms with van der Waals surface area (Å²) in [6.07, 6.45) is 2.06. The molecule has 0 radical (unpaired) electrons. The first kappa shape index (κ1) is 16.6. The zero-order chi connectivity index (χ0) is 15.0. The van der Waals surface area contributed by atoms with E-state index in [1.54, 1.807) is 17.8 Å². The number of rotatable bonds is 5. The van der Waals surface area contributed by atoms with E-state index in [2.05, 4.69) is 30.3 Å². The van der Waals surface area contributed by atoms with Crippen molar-refractivity contribution in [3.8, 4) is 11.8 Å². The summed E-state index contributed by atoms with van der Waals surface area (Å²) >= 11 is 1.77. The molecule has 1 unspecified atom stereocenters. The number of aliphatic hydroxyl groups is 1. The van der Waals surface area contributed by atoms with Crippen LogP contribution in [0.3, 0.4) is 0 Å². The third kappa shape index (κ3) is 5.28. The number of carbonyl (C=O) groups excluding carboxylic acids is 1. The highest BCUT2D eigenvalue weighted by atomic mass is 32.2. The number of thioether (sulfide) groups is 1. The molecule has 1 atom stereocenters. The fraction of sp³-hybridized carbons (Fsp3) is 0.438. The van der Waals surface area contributed by atoms with Crippen LogP contribution in [-0.2, 0) is 0 Å². The van der Waals surface area contributed by atoms with E-state index in [0.717, 1.165) is 11.3 Å². The average Bonchev–Trinajstić information content (AvgIpc) is 2.43. The van der Waals surface area contributed by atoms with Crippen LogP contribution >= 0.6 is 11.8 Å². The standard InChI is InChI=1S/C16H21NO2S/c1-12-6-7-15(14(9-12)5-4-8-18)16(19)17-10-13(2)11-20-3/h6-7,9,13,18H,8,10-11H2,1-3H3,(H,17,19). The van der Waals surface area contributed by atoms with Crippen molar-refractivity contribution in [2.75, 3.05) is 25.2 Å². The van der Waals surface area contributed by atoms with E-state index in [1.165, 1.54) is 0 Å². The highest BCUT2D eigenvalue weighted by Gasteiger charge is 2.11. The molecule has 0 aliphatic rings. The van der Waals surface area contributed by atoms with E-state index < -0.39 is 0 Å². The maximum Gasteiger partial charge on any atom is 0.252 e. The maximum absolute atomic E-state index is 12.2. The van der Waals surface area contributed by atoms with Gasteiger partial charge < -0.3 is 10.4 Å². The zero-order valence-corrected chi connectivity index (χ0v) is 13.0. The van der Waals surface area contributed by atoms with E-state index in [-0.39, 0.29) is 12.5 Å². The smallest absolute Gasteiger partial charge is 0.252 e. The minimum atomic E-state index is -0.209. The first-order valence-electron chi connectivity index (χ1n) is 6.56. The van der Waals surface area contributed by atoms with Gasteiger partial charge in [0.05, 0.1) is 5.56 Å². The van der Waals surface area contributed by atoms with Gasteiger partial charge in [-0.25, -0.2) is 0 Å². The lowest BCUT2D eigenvalue weighted by molar-refractivity contribution is 0.0949. The quantitative estimate of drug-likeness (QED) is 0.817. The summed E-state index contributed by atoms with van der Waals surface area (Å²) in [4.78, 5) is 12.2. The van der Waals surface area contributed by atoms with Crippen molar-refractivity contribution in [2.24, 2.45) is 5.92 Å². The van der Waals surface area contributed by atoms with Gasteiger partial charge in [0, 0.05) is 12.1 Å². The molecule has 0 fully saturated rings. The molecule has 1 aromatic rings. The minimum Gasteiger partial charge on any atom is -0.384 e. The topological polar surface area (TPSA) is 49.3 Å². The second-order valence-corrected chi connectivity index (χ2v) is 5.69. The molecule has 2 N–H and O–H groups in total. The Hall–Kier alpha value is -1.44. The van der Waals surface area contributed by atoms with Gasteiger partial charge in [-0.05, 0) is 42.5 Å². The van der Waals surface area contributed by atoms with Gasteiger partial charge in [-0.15, -0.1) is 0 Å². The van der Waals surface area contributed by atoms with Crippen LogP contribution in [0.5, 0.6) is 0 Å². The van der Waals surface area contributed by atoms with Crippen LogP contribution in [0.2, 0.25) is 0 Å². The molecule has 108 valence electrons. The van der Waals surface area contributed by atoms with Crippen molar-refractivity contribution in [1.29, 1.82) is 0 Å². The Morgan fingerprint density at radius 3 is 2.90 bits per heavy atom. The Morgan fingerprint density at radius 2 is 2.25 bits per heavy atom. The van der Waals surface area contributed by atoms with Crippen molar-refractivity contribution >= 4 is 17.7 Å². The first-order chi connectivity index (χ1) is 9.58. The van der Waals surface area contributed by atoms with Gasteiger partial charge in [0.2, 0.25) is 0 Å². The molecule has 0 spiro atoms. The summed E-state index contributed by atoms with van der Waals surface area (Å²) in [5.41, 5.74) is 2.27. The second kappa shape index (κ2) is 8.68. The zero-order valence-electron chi connectivity index (χ0n) is 12.2. The number of hydrogen-bond acceptors (Lipinski definition) is 3. The van der Waals surface area contributed by atoms with E-state index in [0.29, 0.717) is 23.6 Å². The van der Waals surface area contributed by atoms with E-state index in [9.17, 15) is 4.79 Å². The van der Waals surface area contributed by atoms with Crippen molar-refractivity contribution in [3.63, 3.8) is 0 Å². The number of aryl methyl sites for hydroxylation is 1. The van der Waals surface area contributed by atoms with Gasteiger partial charge in [-0.3, -0.25) is 4.79 Å². The van der Waals surface area contributed by atoms with E-state index in [4.69, 9.17) is 5.11 Å². The summed E-state index contributed by atoms with van der Waals surface area (Å²) in [5, 5.41) is 11.7. The molecule has 0 aliphatic heterocycles. The van der Waals surface area contributed by atoms with Crippen LogP contribution in [0, 0.1) is 24.7 Å². The largest absolute Gasteiger partial charge is 0.384 e. The summed E-state index contributed by atoms with van der Waals surface area (Å²) in [6, 6.07) is 5.54. The predicted octanol–water partition coefficient (Wildman–Crippen LogP) is 2.07. The van der Waals surface area contributed by atoms with Gasteiger partial charge >= 0.3 is 0 Å². The van der Waals surface area contributed by atoms with E-state index >= 15 is 0 Å². The fourth-order valence-corrected chi connectivity index (χ4v) is 2.49. The van der Waals surface area contributed by atoms with Crippen LogP contribution in [0.25, 0.3) is 0 Å². The number of hydrogen-bond donors (Lipinski definition) is 2. The molecule has 1 amide bonds. The molecular formula is C16H21NO2S. The molecule has 0 heterocycles. The molecule has 0 bridgehead atoms. The molecular weight excluding hydrogens is 270 g/mol. The number of benzene rings is 1. The molecule has 3 nitrogen and oxygen atoms in total. The predicted molar refractivity (Wildman–Crippen MR) is 85.0 cm³/mol. The lowest BCUT2D eigenvalue weighted by Crippen LogP contribution is -2.29. The summed E-state index contributed by atoms with van der Waals surface area (Å²) < 4.78 is 0. The Kier molecular flexibility index (Phi) is 7.21. The molecule has 0 saturated heterocycles. The number of aliphatic hydroxyl groups excluding tert-OH is 1. The maximum atomic E-state index is 12.2. The lowest BCUT2D eigenvalue weighted by atomic mass is 10.0. The highest BCUT2D eigenvalue weighted by molar-refractivity contribution is 7.98. The van der Waals surface area contributed by atoms with Gasteiger partial charge in [0.1, 0.15) is 6.61 Å². The number of carbonyl (C=O) groups is 1. The number of amides is 1. The second-order valence-electron chi connectivity index (χ2n) is 4.78. The third-order valence-corrected chi connectivity index (χ3v) is 3.69. The Bertz CT molecular complexity index is 517. The Balaban J connectivity index is 2.81. The van der Waals surface area contributed by atoms with Crippen molar-refractivity contribution in [1.82, 2.24) is 5.32 Å². The summed E-state index contributed by atoms with van der Waals surface area (Å²) in [6.45, 7) is 4.50. The normalized spacial score (nSPS) is 11.4. The third-order valence-electron chi connectivity index (χ3n) is 2.78. The molecule has 0 aliphatic carbocycles. The van der Waals surface area contributed by atoms with E-state index in [1.807, 2.05) is 19.1 Å². The van der Waals surface area contributed by atoms with Crippen LogP contribution in [0.4, 0.5) is 0 Å². The summed E-state index contributed by atoms with van der Waals surface area (Å²) in [5.74, 6) is 6.77. The molecule has 20 heavy (non-hydrogen) atoms. The van der Waals surface area contributed by atoms with Crippen LogP contribution < -0.4 is 5.32 Å². The SMILES string of the molecule is CSCC(C)CNC(=O)c1ccc(C)cc1C#CCO. The van der Waals surface area contributed by atoms with Crippen LogP contribution in [0.1, 0.15) is 28.4 Å². The van der Waals surface area contributed by atoms with Crippen molar-refractivity contribution in [2.45, 2.75) is 13.8 Å². The first-order valence-corrected chi connectivity index (χ1v) is 7.95. The molecule has 1 rings (SSSR count). The molecule has 0 aromatic heterocycles. The number of nitrogens with one attached hydrogen (secondary N) is 1. The fourth-order valence-electron chi connectivity index (χ4n) is 1.80. The molecule has 4 heteroatoms. The molecule has 1 aromatic carbocycles. The van der Waals surface area contributed by atoms with Crippen LogP contribution in [0.15, 0.2) is 18.2 Å². The van der Waals surface area contributed by atoms with Crippen molar-refractivity contribution in [3.05, 3.63) is 34.9 Å². The van der Waals surface area contributed by atoms with Gasteiger partial charge in [-0.2, -0.15) is 11.8 Å².